The van der Waals surface area contributed by atoms with Crippen molar-refractivity contribution in [3.05, 3.63) is 57.6 Å². The molecular weight excluding hydrogens is 811 g/mol. The van der Waals surface area contributed by atoms with Crippen molar-refractivity contribution >= 4 is 0 Å². The first kappa shape index (κ1) is 53.3. The van der Waals surface area contributed by atoms with E-state index in [0.717, 1.165) is 94.7 Å². The van der Waals surface area contributed by atoms with E-state index >= 15 is 0 Å². The standard InChI is InChI=1S/C48H83.C6H7.2ClH.Zr/c1-14-15-40-45(41-24-32(10)16-20-36(41)28(2)3)47(43-26-34(12)18-22-38(43)30(6)7)48(44-27-35(13)19-23-39(44)31(8)9)46(40)42-25-33(11)17-21-37(42)29(4)5;1-6-4-2-3-5-6;;;/h28-39,41-44H,14-27H2,1-13H3;2-5H,1H3;2*1H;/q2*-1;;;+4/p-2. The molecule has 0 spiro atoms. The van der Waals surface area contributed by atoms with Crippen LogP contribution in [0, 0.1) is 77.9 Å². The summed E-state index contributed by atoms with van der Waals surface area (Å²) in [6, 6.07) is 8.24. The van der Waals surface area contributed by atoms with E-state index in [-0.39, 0.29) is 51.0 Å². The third kappa shape index (κ3) is 12.6. The first-order valence-corrected chi connectivity index (χ1v) is 24.2. The minimum Gasteiger partial charge on any atom is -1.00 e. The molecule has 324 valence electrons. The van der Waals surface area contributed by atoms with Crippen LogP contribution in [0.2, 0.25) is 0 Å². The van der Waals surface area contributed by atoms with E-state index in [4.69, 9.17) is 0 Å². The molecule has 6 rings (SSSR count). The van der Waals surface area contributed by atoms with Crippen LogP contribution in [-0.4, -0.2) is 0 Å². The fourth-order valence-corrected chi connectivity index (χ4v) is 13.5. The molecule has 0 heterocycles. The van der Waals surface area contributed by atoms with Crippen LogP contribution < -0.4 is 24.8 Å². The second-order valence-corrected chi connectivity index (χ2v) is 22.1. The third-order valence-corrected chi connectivity index (χ3v) is 16.4. The van der Waals surface area contributed by atoms with Gasteiger partial charge in [0.2, 0.25) is 0 Å². The molecule has 0 aliphatic heterocycles. The maximum atomic E-state index is 2.62. The summed E-state index contributed by atoms with van der Waals surface area (Å²) in [7, 11) is 0. The van der Waals surface area contributed by atoms with Gasteiger partial charge in [-0.3, -0.25) is 0 Å². The Morgan fingerprint density at radius 3 is 1.28 bits per heavy atom. The van der Waals surface area contributed by atoms with Crippen molar-refractivity contribution < 1.29 is 51.0 Å². The predicted molar refractivity (Wildman–Crippen MR) is 239 cm³/mol. The van der Waals surface area contributed by atoms with E-state index in [1.807, 2.05) is 39.9 Å². The Balaban J connectivity index is 0.00000114. The minimum atomic E-state index is 0. The van der Waals surface area contributed by atoms with Crippen molar-refractivity contribution in [1.29, 1.82) is 0 Å². The van der Waals surface area contributed by atoms with Crippen LogP contribution in [0.4, 0.5) is 0 Å². The Morgan fingerprint density at radius 2 is 0.895 bits per heavy atom. The van der Waals surface area contributed by atoms with Crippen LogP contribution >= 0.6 is 0 Å². The summed E-state index contributed by atoms with van der Waals surface area (Å²) in [4.78, 5) is 0. The number of halogens is 2. The average molecular weight is 901 g/mol. The summed E-state index contributed by atoms with van der Waals surface area (Å²) < 4.78 is 0. The van der Waals surface area contributed by atoms with Crippen molar-refractivity contribution in [2.45, 2.75) is 210 Å². The molecule has 0 aromatic heterocycles. The molecule has 2 aromatic carbocycles. The van der Waals surface area contributed by atoms with Gasteiger partial charge in [-0.05, 0) is 89.8 Å². The molecule has 57 heavy (non-hydrogen) atoms. The van der Waals surface area contributed by atoms with E-state index in [2.05, 4.69) is 109 Å². The molecule has 4 aliphatic rings. The third-order valence-electron chi connectivity index (χ3n) is 16.4. The number of aryl methyl sites for hydroxylation is 1. The molecule has 2 aromatic rings. The molecule has 12 atom stereocenters. The average Bonchev–Trinajstić information content (AvgIpc) is 3.72. The van der Waals surface area contributed by atoms with Crippen LogP contribution in [0.15, 0.2) is 24.3 Å². The molecule has 4 fully saturated rings. The molecule has 0 saturated heterocycles. The Hall–Kier alpha value is 0.163. The maximum Gasteiger partial charge on any atom is 4.00 e. The summed E-state index contributed by atoms with van der Waals surface area (Å²) in [6.07, 6.45) is 19.9. The fraction of sp³-hybridized carbons (Fsp3) is 0.815. The molecular formula is C54H90Cl2Zr. The van der Waals surface area contributed by atoms with Crippen LogP contribution in [0.25, 0.3) is 0 Å². The Bertz CT molecular complexity index is 1310. The normalized spacial score (nSPS) is 33.3. The quantitative estimate of drug-likeness (QED) is 0.209. The van der Waals surface area contributed by atoms with Crippen molar-refractivity contribution in [3.63, 3.8) is 0 Å². The molecule has 12 unspecified atom stereocenters. The van der Waals surface area contributed by atoms with Crippen molar-refractivity contribution in [2.75, 3.05) is 0 Å². The van der Waals surface area contributed by atoms with E-state index < -0.39 is 0 Å². The molecule has 3 heteroatoms. The Morgan fingerprint density at radius 1 is 0.526 bits per heavy atom. The summed E-state index contributed by atoms with van der Waals surface area (Å²) >= 11 is 0. The maximum absolute atomic E-state index is 2.62. The Kier molecular flexibility index (Phi) is 22.6. The van der Waals surface area contributed by atoms with Gasteiger partial charge in [0.05, 0.1) is 0 Å². The molecule has 4 saturated carbocycles. The molecule has 4 aliphatic carbocycles. The smallest absolute Gasteiger partial charge is 1.00 e. The zero-order valence-corrected chi connectivity index (χ0v) is 43.7. The summed E-state index contributed by atoms with van der Waals surface area (Å²) in [6.45, 7) is 35.8. The zero-order chi connectivity index (χ0) is 39.4. The number of hydrogen-bond acceptors (Lipinski definition) is 0. The van der Waals surface area contributed by atoms with Crippen molar-refractivity contribution in [1.82, 2.24) is 0 Å². The van der Waals surface area contributed by atoms with Gasteiger partial charge in [-0.1, -0.05) is 192 Å². The van der Waals surface area contributed by atoms with Gasteiger partial charge in [-0.25, -0.2) is 12.1 Å². The fourth-order valence-electron chi connectivity index (χ4n) is 13.5. The molecule has 0 bridgehead atoms. The van der Waals surface area contributed by atoms with E-state index in [0.29, 0.717) is 0 Å². The Labute approximate surface area is 387 Å². The van der Waals surface area contributed by atoms with Gasteiger partial charge < -0.3 is 24.8 Å². The van der Waals surface area contributed by atoms with E-state index in [1.165, 1.54) is 95.5 Å². The van der Waals surface area contributed by atoms with Crippen LogP contribution in [0.1, 0.15) is 231 Å². The van der Waals surface area contributed by atoms with Gasteiger partial charge in [-0.2, -0.15) is 39.9 Å². The minimum absolute atomic E-state index is 0. The first-order chi connectivity index (χ1) is 25.6. The summed E-state index contributed by atoms with van der Waals surface area (Å²) in [5, 5.41) is 0. The van der Waals surface area contributed by atoms with Gasteiger partial charge >= 0.3 is 26.2 Å². The largest absolute Gasteiger partial charge is 4.00 e. The molecule has 0 amide bonds. The molecule has 0 N–H and O–H groups in total. The van der Waals surface area contributed by atoms with Gasteiger partial charge in [0.25, 0.3) is 0 Å². The van der Waals surface area contributed by atoms with Crippen LogP contribution in [0.5, 0.6) is 0 Å². The van der Waals surface area contributed by atoms with E-state index in [1.54, 1.807) is 0 Å². The van der Waals surface area contributed by atoms with Crippen molar-refractivity contribution in [2.24, 2.45) is 71.0 Å². The van der Waals surface area contributed by atoms with Gasteiger partial charge in [0.15, 0.2) is 0 Å². The SMILES string of the molecule is CCCc1c(C2CC(C)CCC2C(C)C)c(C2CC(C)CCC2C(C)C)c(C2CC(C)CCC2C(C)C)[c-]1C1CC(C)CCC1C(C)C.C[c-]1cccc1.[Cl-].[Cl-].[Zr+4]. The van der Waals surface area contributed by atoms with E-state index in [9.17, 15) is 0 Å². The zero-order valence-electron chi connectivity index (χ0n) is 39.7. The molecule has 0 nitrogen and oxygen atoms in total. The first-order valence-electron chi connectivity index (χ1n) is 24.2. The second kappa shape index (κ2) is 24.1. The topological polar surface area (TPSA) is 0 Å². The van der Waals surface area contributed by atoms with Gasteiger partial charge in [0, 0.05) is 0 Å². The molecule has 0 radical (unpaired) electrons. The predicted octanol–water partition coefficient (Wildman–Crippen LogP) is 10.8. The van der Waals surface area contributed by atoms with Crippen LogP contribution in [-0.2, 0) is 32.6 Å². The second-order valence-electron chi connectivity index (χ2n) is 22.1. The van der Waals surface area contributed by atoms with Crippen LogP contribution in [0.3, 0.4) is 0 Å². The monoisotopic (exact) mass is 899 g/mol. The van der Waals surface area contributed by atoms with Gasteiger partial charge in [-0.15, -0.1) is 5.56 Å². The summed E-state index contributed by atoms with van der Waals surface area (Å²) in [5.74, 6) is 12.9. The summed E-state index contributed by atoms with van der Waals surface area (Å²) in [5.41, 5.74) is 11.4. The van der Waals surface area contributed by atoms with Crippen molar-refractivity contribution in [3.8, 4) is 0 Å². The van der Waals surface area contributed by atoms with Gasteiger partial charge in [0.1, 0.15) is 0 Å². The number of hydrogen-bond donors (Lipinski definition) is 0. The number of rotatable bonds is 10.